The van der Waals surface area contributed by atoms with Crippen molar-refractivity contribution in [2.75, 3.05) is 0 Å². The summed E-state index contributed by atoms with van der Waals surface area (Å²) in [6.45, 7) is 0. The van der Waals surface area contributed by atoms with E-state index in [9.17, 15) is 8.78 Å². The molecule has 2 aromatic carbocycles. The predicted molar refractivity (Wildman–Crippen MR) is 73.7 cm³/mol. The third-order valence-electron chi connectivity index (χ3n) is 3.12. The molecule has 0 spiro atoms. The van der Waals surface area contributed by atoms with Gasteiger partial charge in [-0.15, -0.1) is 0 Å². The van der Waals surface area contributed by atoms with Crippen LogP contribution in [-0.2, 0) is 0 Å². The van der Waals surface area contributed by atoms with E-state index < -0.39 is 17.7 Å². The summed E-state index contributed by atoms with van der Waals surface area (Å²) < 4.78 is 26.2. The van der Waals surface area contributed by atoms with Crippen LogP contribution in [0.25, 0.3) is 5.69 Å². The highest BCUT2D eigenvalue weighted by Gasteiger charge is 2.15. The van der Waals surface area contributed by atoms with E-state index in [2.05, 4.69) is 10.2 Å². The number of benzene rings is 2. The Morgan fingerprint density at radius 3 is 2.48 bits per heavy atom. The van der Waals surface area contributed by atoms with Crippen molar-refractivity contribution in [3.8, 4) is 5.69 Å². The van der Waals surface area contributed by atoms with E-state index in [-0.39, 0.29) is 0 Å². The zero-order chi connectivity index (χ0) is 14.8. The van der Waals surface area contributed by atoms with Crippen LogP contribution < -0.4 is 5.73 Å². The van der Waals surface area contributed by atoms with Gasteiger partial charge in [0.1, 0.15) is 5.69 Å². The summed E-state index contributed by atoms with van der Waals surface area (Å²) in [5, 5.41) is 8.40. The van der Waals surface area contributed by atoms with Gasteiger partial charge in [0.15, 0.2) is 11.6 Å². The molecule has 1 heterocycles. The Bertz CT molecular complexity index is 755. The fraction of sp³-hybridized carbons (Fsp3) is 0.0667. The topological polar surface area (TPSA) is 56.7 Å². The monoisotopic (exact) mass is 286 g/mol. The molecule has 0 saturated carbocycles. The van der Waals surface area contributed by atoms with Crippen molar-refractivity contribution in [3.63, 3.8) is 0 Å². The maximum Gasteiger partial charge on any atom is 0.159 e. The maximum absolute atomic E-state index is 13.3. The molecule has 0 fully saturated rings. The average Bonchev–Trinajstić information content (AvgIpc) is 3.00. The second-order valence-corrected chi connectivity index (χ2v) is 4.55. The van der Waals surface area contributed by atoms with Gasteiger partial charge in [-0.2, -0.15) is 15.0 Å². The first-order valence-corrected chi connectivity index (χ1v) is 6.33. The smallest absolute Gasteiger partial charge is 0.159 e. The maximum atomic E-state index is 13.3. The number of nitrogens with zero attached hydrogens (tertiary/aromatic N) is 3. The predicted octanol–water partition coefficient (Wildman–Crippen LogP) is 2.59. The number of hydrogen-bond donors (Lipinski definition) is 1. The highest BCUT2D eigenvalue weighted by molar-refractivity contribution is 5.30. The van der Waals surface area contributed by atoms with Gasteiger partial charge in [0.25, 0.3) is 0 Å². The lowest BCUT2D eigenvalue weighted by atomic mass is 10.1. The van der Waals surface area contributed by atoms with Crippen LogP contribution in [0, 0.1) is 11.6 Å². The number of halogens is 2. The van der Waals surface area contributed by atoms with E-state index >= 15 is 0 Å². The highest BCUT2D eigenvalue weighted by Crippen LogP contribution is 2.20. The molecule has 3 rings (SSSR count). The van der Waals surface area contributed by atoms with Crippen LogP contribution in [0.2, 0.25) is 0 Å². The van der Waals surface area contributed by atoms with Crippen molar-refractivity contribution in [1.82, 2.24) is 15.0 Å². The Labute approximate surface area is 119 Å². The van der Waals surface area contributed by atoms with E-state index in [4.69, 9.17) is 5.73 Å². The standard InChI is InChI=1S/C15H12F2N4/c16-12-7-6-10(8-13(12)17)15(18)14-9-19-21(20-14)11-4-2-1-3-5-11/h1-9,15H,18H2. The number of aromatic nitrogens is 3. The van der Waals surface area contributed by atoms with E-state index in [0.29, 0.717) is 11.3 Å². The molecule has 6 heteroatoms. The molecule has 0 aliphatic rings. The summed E-state index contributed by atoms with van der Waals surface area (Å²) in [5.74, 6) is -1.84. The molecule has 0 saturated heterocycles. The van der Waals surface area contributed by atoms with Crippen LogP contribution in [0.1, 0.15) is 17.3 Å². The molecule has 2 N–H and O–H groups in total. The lowest BCUT2D eigenvalue weighted by Gasteiger charge is -2.08. The van der Waals surface area contributed by atoms with Gasteiger partial charge in [-0.25, -0.2) is 8.78 Å². The zero-order valence-electron chi connectivity index (χ0n) is 10.9. The van der Waals surface area contributed by atoms with Crippen molar-refractivity contribution in [2.45, 2.75) is 6.04 Å². The van der Waals surface area contributed by atoms with E-state index in [1.54, 1.807) is 0 Å². The van der Waals surface area contributed by atoms with Crippen molar-refractivity contribution in [1.29, 1.82) is 0 Å². The van der Waals surface area contributed by atoms with Crippen molar-refractivity contribution >= 4 is 0 Å². The normalized spacial score (nSPS) is 12.3. The number of hydrogen-bond acceptors (Lipinski definition) is 3. The Morgan fingerprint density at radius 2 is 1.76 bits per heavy atom. The molecule has 106 valence electrons. The molecule has 21 heavy (non-hydrogen) atoms. The van der Waals surface area contributed by atoms with E-state index in [1.807, 2.05) is 30.3 Å². The Balaban J connectivity index is 1.90. The lowest BCUT2D eigenvalue weighted by Crippen LogP contribution is -2.13. The van der Waals surface area contributed by atoms with Crippen LogP contribution in [0.5, 0.6) is 0 Å². The summed E-state index contributed by atoms with van der Waals surface area (Å²) in [5.41, 5.74) is 7.73. The Hall–Kier alpha value is -2.60. The van der Waals surface area contributed by atoms with Gasteiger partial charge in [0.05, 0.1) is 17.9 Å². The van der Waals surface area contributed by atoms with Crippen LogP contribution in [0.4, 0.5) is 8.78 Å². The molecule has 1 aromatic heterocycles. The first-order chi connectivity index (χ1) is 10.1. The lowest BCUT2D eigenvalue weighted by molar-refractivity contribution is 0.506. The van der Waals surface area contributed by atoms with Gasteiger partial charge in [-0.1, -0.05) is 24.3 Å². The number of para-hydroxylation sites is 1. The molecule has 0 aliphatic heterocycles. The molecule has 0 radical (unpaired) electrons. The molecular formula is C15H12F2N4. The summed E-state index contributed by atoms with van der Waals surface area (Å²) in [6.07, 6.45) is 1.51. The largest absolute Gasteiger partial charge is 0.319 e. The van der Waals surface area contributed by atoms with Crippen molar-refractivity contribution in [3.05, 3.63) is 77.6 Å². The minimum Gasteiger partial charge on any atom is -0.319 e. The molecule has 1 atom stereocenters. The van der Waals surface area contributed by atoms with E-state index in [0.717, 1.165) is 17.8 Å². The molecular weight excluding hydrogens is 274 g/mol. The minimum absolute atomic E-state index is 0.439. The number of rotatable bonds is 3. The van der Waals surface area contributed by atoms with Crippen LogP contribution in [-0.4, -0.2) is 15.0 Å². The highest BCUT2D eigenvalue weighted by atomic mass is 19.2. The van der Waals surface area contributed by atoms with Crippen molar-refractivity contribution in [2.24, 2.45) is 5.73 Å². The Kier molecular flexibility index (Phi) is 3.45. The van der Waals surface area contributed by atoms with Gasteiger partial charge in [0, 0.05) is 0 Å². The number of nitrogens with two attached hydrogens (primary N) is 1. The summed E-state index contributed by atoms with van der Waals surface area (Å²) in [6, 6.07) is 12.2. The third-order valence-corrected chi connectivity index (χ3v) is 3.12. The van der Waals surface area contributed by atoms with Crippen LogP contribution >= 0.6 is 0 Å². The fourth-order valence-corrected chi connectivity index (χ4v) is 1.98. The Morgan fingerprint density at radius 1 is 1.00 bits per heavy atom. The van der Waals surface area contributed by atoms with E-state index in [1.165, 1.54) is 17.1 Å². The van der Waals surface area contributed by atoms with Gasteiger partial charge in [0.2, 0.25) is 0 Å². The minimum atomic E-state index is -0.932. The average molecular weight is 286 g/mol. The third kappa shape index (κ3) is 2.66. The molecule has 3 aromatic rings. The molecule has 4 nitrogen and oxygen atoms in total. The van der Waals surface area contributed by atoms with Gasteiger partial charge in [-0.3, -0.25) is 0 Å². The quantitative estimate of drug-likeness (QED) is 0.805. The summed E-state index contributed by atoms with van der Waals surface area (Å²) >= 11 is 0. The van der Waals surface area contributed by atoms with Crippen LogP contribution in [0.15, 0.2) is 54.7 Å². The zero-order valence-corrected chi connectivity index (χ0v) is 10.9. The first kappa shape index (κ1) is 13.4. The fourth-order valence-electron chi connectivity index (χ4n) is 1.98. The molecule has 0 bridgehead atoms. The van der Waals surface area contributed by atoms with Crippen molar-refractivity contribution < 1.29 is 8.78 Å². The summed E-state index contributed by atoms with van der Waals surface area (Å²) in [7, 11) is 0. The van der Waals surface area contributed by atoms with Gasteiger partial charge < -0.3 is 5.73 Å². The SMILES string of the molecule is NC(c1ccc(F)c(F)c1)c1cnn(-c2ccccc2)n1. The first-order valence-electron chi connectivity index (χ1n) is 6.33. The van der Waals surface area contributed by atoms with Crippen LogP contribution in [0.3, 0.4) is 0 Å². The summed E-state index contributed by atoms with van der Waals surface area (Å²) in [4.78, 5) is 1.44. The van der Waals surface area contributed by atoms with Gasteiger partial charge >= 0.3 is 0 Å². The molecule has 0 aliphatic carbocycles. The molecule has 0 amide bonds. The van der Waals surface area contributed by atoms with Gasteiger partial charge in [-0.05, 0) is 29.8 Å². The molecule has 1 unspecified atom stereocenters. The second-order valence-electron chi connectivity index (χ2n) is 4.55. The second kappa shape index (κ2) is 5.41.